The summed E-state index contributed by atoms with van der Waals surface area (Å²) in [5.41, 5.74) is 0.919. The van der Waals surface area contributed by atoms with E-state index in [-0.39, 0.29) is 24.3 Å². The molecular weight excluding hydrogens is 296 g/mol. The number of nitrogens with zero attached hydrogens (tertiary/aromatic N) is 1. The molecule has 1 aromatic carbocycles. The summed E-state index contributed by atoms with van der Waals surface area (Å²) in [6, 6.07) is 5.62. The molecule has 0 atom stereocenters. The van der Waals surface area contributed by atoms with E-state index in [0.717, 1.165) is 5.56 Å². The van der Waals surface area contributed by atoms with Gasteiger partial charge in [0.1, 0.15) is 0 Å². The zero-order valence-electron chi connectivity index (χ0n) is 14.5. The van der Waals surface area contributed by atoms with E-state index in [4.69, 9.17) is 9.47 Å². The quantitative estimate of drug-likeness (QED) is 0.794. The van der Waals surface area contributed by atoms with Crippen LogP contribution in [0, 0.1) is 0 Å². The van der Waals surface area contributed by atoms with Crippen LogP contribution in [-0.2, 0) is 16.1 Å². The average Bonchev–Trinajstić information content (AvgIpc) is 2.50. The molecule has 0 saturated heterocycles. The zero-order valence-corrected chi connectivity index (χ0v) is 14.5. The fraction of sp³-hybridized carbons (Fsp3) is 0.529. The number of hydrogen-bond acceptors (Lipinski definition) is 4. The predicted octanol–water partition coefficient (Wildman–Crippen LogP) is 1.97. The lowest BCUT2D eigenvalue weighted by atomic mass is 10.1. The minimum absolute atomic E-state index is 0.0569. The Balaban J connectivity index is 2.73. The van der Waals surface area contributed by atoms with Crippen molar-refractivity contribution in [3.05, 3.63) is 23.8 Å². The maximum Gasteiger partial charge on any atom is 0.221 e. The molecule has 6 nitrogen and oxygen atoms in total. The van der Waals surface area contributed by atoms with Crippen molar-refractivity contribution in [2.24, 2.45) is 0 Å². The summed E-state index contributed by atoms with van der Waals surface area (Å²) in [7, 11) is 3.15. The van der Waals surface area contributed by atoms with Crippen LogP contribution in [0.2, 0.25) is 0 Å². The first-order valence-electron chi connectivity index (χ1n) is 7.63. The lowest BCUT2D eigenvalue weighted by molar-refractivity contribution is -0.130. The first-order valence-corrected chi connectivity index (χ1v) is 7.63. The van der Waals surface area contributed by atoms with E-state index in [1.54, 1.807) is 25.2 Å². The average molecular weight is 322 g/mol. The van der Waals surface area contributed by atoms with Gasteiger partial charge >= 0.3 is 0 Å². The van der Waals surface area contributed by atoms with Crippen LogP contribution in [0.1, 0.15) is 32.8 Å². The topological polar surface area (TPSA) is 67.9 Å². The molecule has 0 aromatic heterocycles. The lowest BCUT2D eigenvalue weighted by Crippen LogP contribution is -2.35. The zero-order chi connectivity index (χ0) is 17.4. The highest BCUT2D eigenvalue weighted by Gasteiger charge is 2.14. The van der Waals surface area contributed by atoms with Gasteiger partial charge in [-0.1, -0.05) is 6.07 Å². The molecule has 0 heterocycles. The lowest BCUT2D eigenvalue weighted by Gasteiger charge is -2.22. The van der Waals surface area contributed by atoms with Gasteiger partial charge in [-0.15, -0.1) is 0 Å². The van der Waals surface area contributed by atoms with Crippen molar-refractivity contribution >= 4 is 11.8 Å². The van der Waals surface area contributed by atoms with E-state index in [0.29, 0.717) is 24.6 Å². The van der Waals surface area contributed by atoms with E-state index in [2.05, 4.69) is 5.32 Å². The third-order valence-electron chi connectivity index (χ3n) is 3.33. The third-order valence-corrected chi connectivity index (χ3v) is 3.33. The summed E-state index contributed by atoms with van der Waals surface area (Å²) < 4.78 is 10.5. The second-order valence-electron chi connectivity index (χ2n) is 5.60. The number of carbonyl (C=O) groups excluding carboxylic acids is 2. The third kappa shape index (κ3) is 6.18. The number of carbonyl (C=O) groups is 2. The van der Waals surface area contributed by atoms with Gasteiger partial charge in [-0.05, 0) is 31.5 Å². The number of nitrogens with one attached hydrogen (secondary N) is 1. The van der Waals surface area contributed by atoms with Crippen LogP contribution in [0.3, 0.4) is 0 Å². The van der Waals surface area contributed by atoms with Crippen LogP contribution in [0.5, 0.6) is 11.5 Å². The van der Waals surface area contributed by atoms with E-state index >= 15 is 0 Å². The Labute approximate surface area is 137 Å². The summed E-state index contributed by atoms with van der Waals surface area (Å²) in [5.74, 6) is 1.13. The van der Waals surface area contributed by atoms with Gasteiger partial charge < -0.3 is 19.7 Å². The Morgan fingerprint density at radius 3 is 2.35 bits per heavy atom. The van der Waals surface area contributed by atoms with Crippen molar-refractivity contribution in [2.75, 3.05) is 20.8 Å². The summed E-state index contributed by atoms with van der Waals surface area (Å²) in [6.45, 7) is 6.11. The van der Waals surface area contributed by atoms with E-state index in [1.807, 2.05) is 26.0 Å². The molecule has 0 aliphatic carbocycles. The predicted molar refractivity (Wildman–Crippen MR) is 88.5 cm³/mol. The van der Waals surface area contributed by atoms with Crippen LogP contribution in [0.4, 0.5) is 0 Å². The van der Waals surface area contributed by atoms with Gasteiger partial charge in [0.2, 0.25) is 11.8 Å². The first-order chi connectivity index (χ1) is 10.9. The first kappa shape index (κ1) is 18.8. The monoisotopic (exact) mass is 322 g/mol. The Bertz CT molecular complexity index is 543. The molecule has 0 unspecified atom stereocenters. The number of benzene rings is 1. The van der Waals surface area contributed by atoms with E-state index < -0.39 is 0 Å². The van der Waals surface area contributed by atoms with Gasteiger partial charge in [-0.2, -0.15) is 0 Å². The van der Waals surface area contributed by atoms with E-state index in [9.17, 15) is 9.59 Å². The number of ether oxygens (including phenoxy) is 2. The molecule has 1 N–H and O–H groups in total. The highest BCUT2D eigenvalue weighted by Crippen LogP contribution is 2.28. The van der Waals surface area contributed by atoms with Crippen molar-refractivity contribution < 1.29 is 19.1 Å². The Hall–Kier alpha value is -2.24. The largest absolute Gasteiger partial charge is 0.493 e. The van der Waals surface area contributed by atoms with Crippen molar-refractivity contribution in [3.8, 4) is 11.5 Å². The molecule has 6 heteroatoms. The van der Waals surface area contributed by atoms with Gasteiger partial charge in [-0.25, -0.2) is 0 Å². The Morgan fingerprint density at radius 1 is 1.17 bits per heavy atom. The van der Waals surface area contributed by atoms with Crippen molar-refractivity contribution in [2.45, 2.75) is 39.8 Å². The van der Waals surface area contributed by atoms with Crippen LogP contribution in [0.15, 0.2) is 18.2 Å². The standard InChI is InChI=1S/C17H26N2O4/c1-12(2)18-17(21)8-9-19(13(3)20)11-14-6-7-15(22-4)16(10-14)23-5/h6-7,10,12H,8-9,11H2,1-5H3,(H,18,21). The smallest absolute Gasteiger partial charge is 0.221 e. The van der Waals surface area contributed by atoms with Crippen LogP contribution in [-0.4, -0.2) is 43.5 Å². The molecule has 128 valence electrons. The molecule has 0 fully saturated rings. The summed E-state index contributed by atoms with van der Waals surface area (Å²) in [4.78, 5) is 25.2. The van der Waals surface area contributed by atoms with Crippen molar-refractivity contribution in [3.63, 3.8) is 0 Å². The Morgan fingerprint density at radius 2 is 1.83 bits per heavy atom. The summed E-state index contributed by atoms with van der Waals surface area (Å²) in [5, 5.41) is 2.82. The molecule has 0 aliphatic rings. The molecular formula is C17H26N2O4. The molecule has 1 rings (SSSR count). The van der Waals surface area contributed by atoms with Crippen LogP contribution < -0.4 is 14.8 Å². The number of methoxy groups -OCH3 is 2. The second-order valence-corrected chi connectivity index (χ2v) is 5.60. The summed E-state index contributed by atoms with van der Waals surface area (Å²) in [6.07, 6.45) is 0.283. The van der Waals surface area contributed by atoms with Gasteiger partial charge in [0.05, 0.1) is 14.2 Å². The summed E-state index contributed by atoms with van der Waals surface area (Å²) >= 11 is 0. The fourth-order valence-corrected chi connectivity index (χ4v) is 2.18. The molecule has 0 radical (unpaired) electrons. The molecule has 1 aromatic rings. The van der Waals surface area contributed by atoms with Gasteiger partial charge in [0.25, 0.3) is 0 Å². The normalized spacial score (nSPS) is 10.3. The maximum atomic E-state index is 11.8. The van der Waals surface area contributed by atoms with Gasteiger partial charge in [-0.3, -0.25) is 9.59 Å². The Kier molecular flexibility index (Phi) is 7.38. The highest BCUT2D eigenvalue weighted by atomic mass is 16.5. The number of rotatable bonds is 8. The van der Waals surface area contributed by atoms with Crippen molar-refractivity contribution in [1.82, 2.24) is 10.2 Å². The molecule has 0 bridgehead atoms. The van der Waals surface area contributed by atoms with E-state index in [1.165, 1.54) is 6.92 Å². The minimum atomic E-state index is -0.0721. The SMILES string of the molecule is COc1ccc(CN(CCC(=O)NC(C)C)C(C)=O)cc1OC. The molecule has 0 spiro atoms. The fourth-order valence-electron chi connectivity index (χ4n) is 2.18. The molecule has 2 amide bonds. The van der Waals surface area contributed by atoms with Crippen LogP contribution >= 0.6 is 0 Å². The molecule has 23 heavy (non-hydrogen) atoms. The second kappa shape index (κ2) is 9.02. The van der Waals surface area contributed by atoms with Crippen molar-refractivity contribution in [1.29, 1.82) is 0 Å². The molecule has 0 aliphatic heterocycles. The van der Waals surface area contributed by atoms with Gasteiger partial charge in [0.15, 0.2) is 11.5 Å². The highest BCUT2D eigenvalue weighted by molar-refractivity contribution is 5.78. The minimum Gasteiger partial charge on any atom is -0.493 e. The maximum absolute atomic E-state index is 11.8. The number of hydrogen-bond donors (Lipinski definition) is 1. The van der Waals surface area contributed by atoms with Gasteiger partial charge in [0, 0.05) is 32.5 Å². The molecule has 0 saturated carbocycles. The van der Waals surface area contributed by atoms with Crippen LogP contribution in [0.25, 0.3) is 0 Å². The number of amides is 2.